The molecule has 1 aliphatic heterocycles. The van der Waals surface area contributed by atoms with E-state index in [2.05, 4.69) is 22.3 Å². The predicted molar refractivity (Wildman–Crippen MR) is 72.0 cm³/mol. The van der Waals surface area contributed by atoms with E-state index in [4.69, 9.17) is 5.21 Å². The summed E-state index contributed by atoms with van der Waals surface area (Å²) in [6.07, 6.45) is 1.69. The van der Waals surface area contributed by atoms with E-state index in [9.17, 15) is 4.79 Å². The Labute approximate surface area is 109 Å². The maximum Gasteiger partial charge on any atom is 0.234 e. The number of amides is 1. The van der Waals surface area contributed by atoms with Gasteiger partial charge < -0.3 is 10.5 Å². The van der Waals surface area contributed by atoms with Crippen molar-refractivity contribution in [2.75, 3.05) is 19.6 Å². The molecule has 1 rings (SSSR count). The average Bonchev–Trinajstić information content (AvgIpc) is 2.26. The molecular formula is C13H25N3O2. The van der Waals surface area contributed by atoms with Crippen molar-refractivity contribution in [2.45, 2.75) is 46.1 Å². The zero-order chi connectivity index (χ0) is 13.8. The number of nitrogens with zero attached hydrogens (tertiary/aromatic N) is 2. The summed E-state index contributed by atoms with van der Waals surface area (Å²) in [4.78, 5) is 14.0. The lowest BCUT2D eigenvalue weighted by Gasteiger charge is -2.33. The molecular weight excluding hydrogens is 230 g/mol. The highest BCUT2D eigenvalue weighted by atomic mass is 16.4. The molecule has 1 saturated heterocycles. The zero-order valence-corrected chi connectivity index (χ0v) is 11.9. The van der Waals surface area contributed by atoms with Gasteiger partial charge in [0.15, 0.2) is 0 Å². The van der Waals surface area contributed by atoms with Crippen molar-refractivity contribution in [3.8, 4) is 0 Å². The smallest absolute Gasteiger partial charge is 0.234 e. The molecule has 1 aliphatic rings. The van der Waals surface area contributed by atoms with Crippen LogP contribution in [0.2, 0.25) is 0 Å². The van der Waals surface area contributed by atoms with Crippen LogP contribution in [0, 0.1) is 5.92 Å². The van der Waals surface area contributed by atoms with Crippen LogP contribution in [0.4, 0.5) is 0 Å². The molecule has 0 saturated carbocycles. The van der Waals surface area contributed by atoms with Gasteiger partial charge in [0.05, 0.1) is 12.3 Å². The van der Waals surface area contributed by atoms with Gasteiger partial charge in [0.2, 0.25) is 5.91 Å². The van der Waals surface area contributed by atoms with Gasteiger partial charge in [0.1, 0.15) is 0 Å². The minimum absolute atomic E-state index is 0.0572. The molecule has 1 unspecified atom stereocenters. The first-order valence-corrected chi connectivity index (χ1v) is 6.60. The van der Waals surface area contributed by atoms with Crippen LogP contribution in [0.3, 0.4) is 0 Å². The minimum atomic E-state index is -0.186. The van der Waals surface area contributed by atoms with Crippen LogP contribution in [-0.2, 0) is 4.79 Å². The largest absolute Gasteiger partial charge is 0.411 e. The fourth-order valence-corrected chi connectivity index (χ4v) is 2.29. The quantitative estimate of drug-likeness (QED) is 0.593. The molecule has 5 heteroatoms. The van der Waals surface area contributed by atoms with E-state index in [1.807, 2.05) is 20.8 Å². The van der Waals surface area contributed by atoms with Crippen molar-refractivity contribution in [3.05, 3.63) is 0 Å². The van der Waals surface area contributed by atoms with E-state index in [-0.39, 0.29) is 17.4 Å². The number of carbonyl (C=O) groups is 1. The third kappa shape index (κ3) is 4.64. The Balaban J connectivity index is 2.48. The summed E-state index contributed by atoms with van der Waals surface area (Å²) in [5, 5.41) is 15.2. The zero-order valence-electron chi connectivity index (χ0n) is 11.9. The average molecular weight is 255 g/mol. The highest BCUT2D eigenvalue weighted by Gasteiger charge is 2.26. The van der Waals surface area contributed by atoms with Crippen LogP contribution < -0.4 is 5.32 Å². The number of likely N-dealkylation sites (tertiary alicyclic amines) is 1. The van der Waals surface area contributed by atoms with Gasteiger partial charge in [-0.25, -0.2) is 0 Å². The maximum atomic E-state index is 11.8. The van der Waals surface area contributed by atoms with Crippen LogP contribution in [0.25, 0.3) is 0 Å². The highest BCUT2D eigenvalue weighted by Crippen LogP contribution is 2.17. The summed E-state index contributed by atoms with van der Waals surface area (Å²) < 4.78 is 0. The van der Waals surface area contributed by atoms with Gasteiger partial charge in [-0.2, -0.15) is 0 Å². The van der Waals surface area contributed by atoms with Crippen molar-refractivity contribution in [1.82, 2.24) is 10.2 Å². The molecule has 0 spiro atoms. The van der Waals surface area contributed by atoms with Gasteiger partial charge in [0, 0.05) is 31.0 Å². The molecule has 2 N–H and O–H groups in total. The second-order valence-electron chi connectivity index (χ2n) is 5.98. The third-order valence-electron chi connectivity index (χ3n) is 3.14. The topological polar surface area (TPSA) is 64.9 Å². The van der Waals surface area contributed by atoms with Crippen molar-refractivity contribution >= 4 is 11.6 Å². The SMILES string of the molecule is CCC1CN(CC(=O)NC(C)(C)C)CCC1=NO. The lowest BCUT2D eigenvalue weighted by molar-refractivity contribution is -0.123. The van der Waals surface area contributed by atoms with E-state index < -0.39 is 0 Å². The Morgan fingerprint density at radius 2 is 2.22 bits per heavy atom. The molecule has 0 aliphatic carbocycles. The molecule has 0 radical (unpaired) electrons. The Bertz CT molecular complexity index is 321. The molecule has 104 valence electrons. The van der Waals surface area contributed by atoms with Crippen LogP contribution in [-0.4, -0.2) is 46.9 Å². The summed E-state index contributed by atoms with van der Waals surface area (Å²) in [6.45, 7) is 10.0. The molecule has 0 aromatic carbocycles. The monoisotopic (exact) mass is 255 g/mol. The second-order valence-corrected chi connectivity index (χ2v) is 5.98. The van der Waals surface area contributed by atoms with E-state index in [1.165, 1.54) is 0 Å². The number of hydrogen-bond donors (Lipinski definition) is 2. The lowest BCUT2D eigenvalue weighted by Crippen LogP contribution is -2.49. The van der Waals surface area contributed by atoms with Crippen molar-refractivity contribution in [2.24, 2.45) is 11.1 Å². The van der Waals surface area contributed by atoms with Crippen LogP contribution in [0.5, 0.6) is 0 Å². The fourth-order valence-electron chi connectivity index (χ4n) is 2.29. The molecule has 1 atom stereocenters. The first-order chi connectivity index (χ1) is 8.35. The number of piperidine rings is 1. The summed E-state index contributed by atoms with van der Waals surface area (Å²) in [6, 6.07) is 0. The van der Waals surface area contributed by atoms with Crippen molar-refractivity contribution < 1.29 is 10.0 Å². The summed E-state index contributed by atoms with van der Waals surface area (Å²) in [7, 11) is 0. The number of rotatable bonds is 3. The molecule has 0 aromatic heterocycles. The van der Waals surface area contributed by atoms with Gasteiger partial charge in [-0.1, -0.05) is 12.1 Å². The normalized spacial score (nSPS) is 24.2. The third-order valence-corrected chi connectivity index (χ3v) is 3.14. The molecule has 1 fully saturated rings. The Morgan fingerprint density at radius 1 is 1.56 bits per heavy atom. The summed E-state index contributed by atoms with van der Waals surface area (Å²) >= 11 is 0. The van der Waals surface area contributed by atoms with Gasteiger partial charge in [-0.15, -0.1) is 0 Å². The Kier molecular flexibility index (Phi) is 5.14. The molecule has 0 aromatic rings. The van der Waals surface area contributed by atoms with E-state index in [1.54, 1.807) is 0 Å². The van der Waals surface area contributed by atoms with E-state index in [0.29, 0.717) is 6.54 Å². The van der Waals surface area contributed by atoms with Crippen molar-refractivity contribution in [3.63, 3.8) is 0 Å². The Hall–Kier alpha value is -1.10. The first-order valence-electron chi connectivity index (χ1n) is 6.60. The lowest BCUT2D eigenvalue weighted by atomic mass is 9.93. The molecule has 5 nitrogen and oxygen atoms in total. The second kappa shape index (κ2) is 6.18. The molecule has 1 heterocycles. The van der Waals surface area contributed by atoms with Gasteiger partial charge >= 0.3 is 0 Å². The fraction of sp³-hybridized carbons (Fsp3) is 0.846. The van der Waals surface area contributed by atoms with Crippen LogP contribution in [0.15, 0.2) is 5.16 Å². The van der Waals surface area contributed by atoms with E-state index in [0.717, 1.165) is 31.6 Å². The number of hydrogen-bond acceptors (Lipinski definition) is 4. The summed E-state index contributed by atoms with van der Waals surface area (Å²) in [5.41, 5.74) is 0.680. The van der Waals surface area contributed by atoms with Crippen LogP contribution >= 0.6 is 0 Å². The highest BCUT2D eigenvalue weighted by molar-refractivity contribution is 5.87. The van der Waals surface area contributed by atoms with Gasteiger partial charge in [0.25, 0.3) is 0 Å². The van der Waals surface area contributed by atoms with Crippen LogP contribution in [0.1, 0.15) is 40.5 Å². The number of nitrogens with one attached hydrogen (secondary N) is 1. The standard InChI is InChI=1S/C13H25N3O2/c1-5-10-8-16(7-6-11(10)15-18)9-12(17)14-13(2,3)4/h10,18H,5-9H2,1-4H3,(H,14,17). The first kappa shape index (κ1) is 15.0. The number of carbonyl (C=O) groups excluding carboxylic acids is 1. The molecule has 18 heavy (non-hydrogen) atoms. The number of oxime groups is 1. The van der Waals surface area contributed by atoms with Crippen molar-refractivity contribution in [1.29, 1.82) is 0 Å². The summed E-state index contributed by atoms with van der Waals surface area (Å²) in [5.74, 6) is 0.327. The molecule has 0 bridgehead atoms. The molecule has 1 amide bonds. The van der Waals surface area contributed by atoms with Gasteiger partial charge in [-0.05, 0) is 27.2 Å². The van der Waals surface area contributed by atoms with E-state index >= 15 is 0 Å². The van der Waals surface area contributed by atoms with Gasteiger partial charge in [-0.3, -0.25) is 9.69 Å². The predicted octanol–water partition coefficient (Wildman–Crippen LogP) is 1.46. The Morgan fingerprint density at radius 3 is 2.72 bits per heavy atom. The minimum Gasteiger partial charge on any atom is -0.411 e. The maximum absolute atomic E-state index is 11.8.